The number of sulfonamides is 1. The van der Waals surface area contributed by atoms with Crippen LogP contribution in [0.5, 0.6) is 0 Å². The summed E-state index contributed by atoms with van der Waals surface area (Å²) in [5.41, 5.74) is 1.96. The molecule has 0 radical (unpaired) electrons. The molecule has 134 valence electrons. The third-order valence-electron chi connectivity index (χ3n) is 4.13. The van der Waals surface area contributed by atoms with Crippen molar-refractivity contribution in [3.8, 4) is 0 Å². The second kappa shape index (κ2) is 7.79. The van der Waals surface area contributed by atoms with Gasteiger partial charge < -0.3 is 10.2 Å². The molecule has 8 heteroatoms. The Balaban J connectivity index is 1.52. The zero-order valence-corrected chi connectivity index (χ0v) is 15.1. The average Bonchev–Trinajstić information content (AvgIpc) is 3.14. The molecule has 0 unspecified atom stereocenters. The molecule has 0 aliphatic carbocycles. The molecule has 1 aromatic heterocycles. The lowest BCUT2D eigenvalue weighted by Gasteiger charge is -2.17. The third kappa shape index (κ3) is 4.67. The summed E-state index contributed by atoms with van der Waals surface area (Å²) in [4.78, 5) is 2.56. The molecule has 1 aromatic carbocycles. The molecular weight excluding hydrogens is 338 g/mol. The Labute approximate surface area is 148 Å². The fourth-order valence-corrected chi connectivity index (χ4v) is 3.97. The zero-order valence-electron chi connectivity index (χ0n) is 14.3. The largest absolute Gasteiger partial charge is 0.370 e. The van der Waals surface area contributed by atoms with Gasteiger partial charge >= 0.3 is 0 Å². The van der Waals surface area contributed by atoms with Crippen molar-refractivity contribution < 1.29 is 8.42 Å². The lowest BCUT2D eigenvalue weighted by molar-refractivity contribution is 0.582. The standard InChI is InChI=1S/C17H23N5O2S/c1-14-5-4-6-16(11-14)25(23,24)20-8-7-18-17-12-15(13-19-21-17)22-9-2-3-10-22/h4-6,11-13,20H,2-3,7-10H2,1H3,(H,18,21). The van der Waals surface area contributed by atoms with Gasteiger partial charge in [-0.1, -0.05) is 12.1 Å². The van der Waals surface area contributed by atoms with Crippen LogP contribution in [0.3, 0.4) is 0 Å². The number of nitrogens with zero attached hydrogens (tertiary/aromatic N) is 3. The maximum absolute atomic E-state index is 12.3. The minimum absolute atomic E-state index is 0.270. The Morgan fingerprint density at radius 2 is 1.96 bits per heavy atom. The van der Waals surface area contributed by atoms with Crippen LogP contribution >= 0.6 is 0 Å². The van der Waals surface area contributed by atoms with E-state index >= 15 is 0 Å². The zero-order chi connectivity index (χ0) is 17.7. The Hall–Kier alpha value is -2.19. The highest BCUT2D eigenvalue weighted by Crippen LogP contribution is 2.20. The summed E-state index contributed by atoms with van der Waals surface area (Å²) in [6.45, 7) is 4.66. The van der Waals surface area contributed by atoms with E-state index in [1.54, 1.807) is 24.4 Å². The van der Waals surface area contributed by atoms with Crippen LogP contribution in [0.2, 0.25) is 0 Å². The van der Waals surface area contributed by atoms with E-state index in [1.807, 2.05) is 19.1 Å². The number of rotatable bonds is 7. The molecule has 1 aliphatic rings. The minimum atomic E-state index is -3.49. The van der Waals surface area contributed by atoms with Crippen molar-refractivity contribution in [2.24, 2.45) is 0 Å². The summed E-state index contributed by atoms with van der Waals surface area (Å²) >= 11 is 0. The number of hydrogen-bond donors (Lipinski definition) is 2. The molecule has 0 amide bonds. The maximum Gasteiger partial charge on any atom is 0.240 e. The van der Waals surface area contributed by atoms with Gasteiger partial charge in [0.1, 0.15) is 0 Å². The van der Waals surface area contributed by atoms with Gasteiger partial charge in [-0.25, -0.2) is 13.1 Å². The molecule has 3 rings (SSSR count). The fraction of sp³-hybridized carbons (Fsp3) is 0.412. The van der Waals surface area contributed by atoms with Gasteiger partial charge in [0.15, 0.2) is 5.82 Å². The summed E-state index contributed by atoms with van der Waals surface area (Å²) in [7, 11) is -3.49. The van der Waals surface area contributed by atoms with Crippen molar-refractivity contribution in [3.05, 3.63) is 42.1 Å². The van der Waals surface area contributed by atoms with E-state index in [1.165, 1.54) is 12.8 Å². The van der Waals surface area contributed by atoms with Crippen LogP contribution in [-0.4, -0.2) is 44.8 Å². The first-order valence-electron chi connectivity index (χ1n) is 8.42. The Morgan fingerprint density at radius 3 is 2.72 bits per heavy atom. The lowest BCUT2D eigenvalue weighted by atomic mass is 10.2. The van der Waals surface area contributed by atoms with E-state index in [9.17, 15) is 8.42 Å². The molecular formula is C17H23N5O2S. The molecule has 0 saturated carbocycles. The minimum Gasteiger partial charge on any atom is -0.370 e. The molecule has 0 atom stereocenters. The Bertz CT molecular complexity index is 819. The monoisotopic (exact) mass is 361 g/mol. The van der Waals surface area contributed by atoms with Crippen LogP contribution < -0.4 is 14.9 Å². The van der Waals surface area contributed by atoms with Gasteiger partial charge in [-0.05, 0) is 37.5 Å². The second-order valence-corrected chi connectivity index (χ2v) is 7.90. The number of nitrogens with one attached hydrogen (secondary N) is 2. The van der Waals surface area contributed by atoms with Crippen LogP contribution in [0.15, 0.2) is 41.4 Å². The molecule has 2 heterocycles. The van der Waals surface area contributed by atoms with Crippen molar-refractivity contribution in [3.63, 3.8) is 0 Å². The smallest absolute Gasteiger partial charge is 0.240 e. The quantitative estimate of drug-likeness (QED) is 0.731. The molecule has 25 heavy (non-hydrogen) atoms. The number of benzene rings is 1. The topological polar surface area (TPSA) is 87.2 Å². The number of aryl methyl sites for hydroxylation is 1. The molecule has 7 nitrogen and oxygen atoms in total. The van der Waals surface area contributed by atoms with E-state index in [0.717, 1.165) is 24.3 Å². The molecule has 2 N–H and O–H groups in total. The Kier molecular flexibility index (Phi) is 5.50. The summed E-state index contributed by atoms with van der Waals surface area (Å²) in [5.74, 6) is 0.652. The van der Waals surface area contributed by atoms with Gasteiger partial charge in [0, 0.05) is 32.2 Å². The van der Waals surface area contributed by atoms with Crippen LogP contribution in [0.1, 0.15) is 18.4 Å². The van der Waals surface area contributed by atoms with Crippen LogP contribution in [0, 0.1) is 6.92 Å². The number of aromatic nitrogens is 2. The van der Waals surface area contributed by atoms with E-state index < -0.39 is 10.0 Å². The Morgan fingerprint density at radius 1 is 1.16 bits per heavy atom. The highest BCUT2D eigenvalue weighted by molar-refractivity contribution is 7.89. The molecule has 1 aliphatic heterocycles. The van der Waals surface area contributed by atoms with Gasteiger partial charge in [0.05, 0.1) is 16.8 Å². The first-order chi connectivity index (χ1) is 12.0. The normalized spacial score (nSPS) is 14.7. The van der Waals surface area contributed by atoms with Crippen molar-refractivity contribution in [2.45, 2.75) is 24.7 Å². The summed E-state index contributed by atoms with van der Waals surface area (Å²) in [6, 6.07) is 8.80. The predicted molar refractivity (Wildman–Crippen MR) is 98.3 cm³/mol. The fourth-order valence-electron chi connectivity index (χ4n) is 2.83. The summed E-state index contributed by atoms with van der Waals surface area (Å²) in [6.07, 6.45) is 4.16. The van der Waals surface area contributed by atoms with Crippen LogP contribution in [-0.2, 0) is 10.0 Å². The third-order valence-corrected chi connectivity index (χ3v) is 5.59. The van der Waals surface area contributed by atoms with Crippen molar-refractivity contribution in [1.29, 1.82) is 0 Å². The van der Waals surface area contributed by atoms with Gasteiger partial charge in [0.2, 0.25) is 10.0 Å². The summed E-state index contributed by atoms with van der Waals surface area (Å²) < 4.78 is 27.1. The highest BCUT2D eigenvalue weighted by atomic mass is 32.2. The molecule has 1 saturated heterocycles. The van der Waals surface area contributed by atoms with E-state index in [4.69, 9.17) is 0 Å². The maximum atomic E-state index is 12.3. The summed E-state index contributed by atoms with van der Waals surface area (Å²) in [5, 5.41) is 11.2. The predicted octanol–water partition coefficient (Wildman–Crippen LogP) is 1.78. The van der Waals surface area contributed by atoms with Gasteiger partial charge in [0.25, 0.3) is 0 Å². The van der Waals surface area contributed by atoms with E-state index in [0.29, 0.717) is 12.4 Å². The average molecular weight is 361 g/mol. The highest BCUT2D eigenvalue weighted by Gasteiger charge is 2.14. The number of anilines is 2. The van der Waals surface area contributed by atoms with Crippen molar-refractivity contribution in [2.75, 3.05) is 36.4 Å². The molecule has 1 fully saturated rings. The first kappa shape index (κ1) is 17.6. The van der Waals surface area contributed by atoms with Gasteiger partial charge in [-0.2, -0.15) is 5.10 Å². The molecule has 0 spiro atoms. The molecule has 2 aromatic rings. The second-order valence-electron chi connectivity index (χ2n) is 6.13. The van der Waals surface area contributed by atoms with Gasteiger partial charge in [-0.15, -0.1) is 5.10 Å². The van der Waals surface area contributed by atoms with Crippen molar-refractivity contribution >= 4 is 21.5 Å². The lowest BCUT2D eigenvalue weighted by Crippen LogP contribution is -2.29. The van der Waals surface area contributed by atoms with Crippen LogP contribution in [0.4, 0.5) is 11.5 Å². The first-order valence-corrected chi connectivity index (χ1v) is 9.91. The van der Waals surface area contributed by atoms with Gasteiger partial charge in [-0.3, -0.25) is 0 Å². The van der Waals surface area contributed by atoms with E-state index in [2.05, 4.69) is 25.1 Å². The van der Waals surface area contributed by atoms with Crippen molar-refractivity contribution in [1.82, 2.24) is 14.9 Å². The van der Waals surface area contributed by atoms with Crippen LogP contribution in [0.25, 0.3) is 0 Å². The number of hydrogen-bond acceptors (Lipinski definition) is 6. The molecule has 0 bridgehead atoms. The van der Waals surface area contributed by atoms with E-state index in [-0.39, 0.29) is 11.4 Å². The SMILES string of the molecule is Cc1cccc(S(=O)(=O)NCCNc2cc(N3CCCC3)cnn2)c1.